The molecule has 0 amide bonds. The summed E-state index contributed by atoms with van der Waals surface area (Å²) in [5.41, 5.74) is 1.75. The number of ether oxygens (including phenoxy) is 1. The van der Waals surface area contributed by atoms with Crippen molar-refractivity contribution in [1.29, 1.82) is 0 Å². The molecule has 0 saturated heterocycles. The van der Waals surface area contributed by atoms with Crippen molar-refractivity contribution in [2.45, 2.75) is 18.4 Å². The van der Waals surface area contributed by atoms with Crippen LogP contribution in [0, 0.1) is 6.92 Å². The second-order valence-corrected chi connectivity index (χ2v) is 6.83. The number of nitrogens with one attached hydrogen (secondary N) is 1. The Bertz CT molecular complexity index is 742. The van der Waals surface area contributed by atoms with Crippen molar-refractivity contribution >= 4 is 9.84 Å². The van der Waals surface area contributed by atoms with E-state index < -0.39 is 9.84 Å². The van der Waals surface area contributed by atoms with Crippen LogP contribution in [-0.4, -0.2) is 26.7 Å². The van der Waals surface area contributed by atoms with Crippen molar-refractivity contribution in [2.75, 3.05) is 13.3 Å². The van der Waals surface area contributed by atoms with E-state index in [1.807, 2.05) is 20.0 Å². The number of rotatable bonds is 5. The first-order valence-electron chi connectivity index (χ1n) is 6.48. The molecule has 0 aliphatic heterocycles. The summed E-state index contributed by atoms with van der Waals surface area (Å²) >= 11 is 0. The van der Waals surface area contributed by atoms with Crippen LogP contribution < -0.4 is 10.1 Å². The number of aryl methyl sites for hydroxylation is 1. The summed E-state index contributed by atoms with van der Waals surface area (Å²) in [6, 6.07) is 8.30. The molecule has 0 atom stereocenters. The van der Waals surface area contributed by atoms with Crippen molar-refractivity contribution in [3.05, 3.63) is 47.8 Å². The lowest BCUT2D eigenvalue weighted by atomic mass is 10.2. The Labute approximate surface area is 124 Å². The van der Waals surface area contributed by atoms with Gasteiger partial charge in [0.15, 0.2) is 9.84 Å². The molecule has 21 heavy (non-hydrogen) atoms. The zero-order valence-corrected chi connectivity index (χ0v) is 13.1. The predicted octanol–water partition coefficient (Wildman–Crippen LogP) is 2.31. The van der Waals surface area contributed by atoms with Crippen LogP contribution in [0.15, 0.2) is 41.4 Å². The van der Waals surface area contributed by atoms with E-state index in [4.69, 9.17) is 4.74 Å². The van der Waals surface area contributed by atoms with Crippen LogP contribution >= 0.6 is 0 Å². The van der Waals surface area contributed by atoms with Gasteiger partial charge in [-0.05, 0) is 32.2 Å². The molecule has 1 aromatic carbocycles. The Morgan fingerprint density at radius 2 is 2.05 bits per heavy atom. The van der Waals surface area contributed by atoms with E-state index in [-0.39, 0.29) is 4.90 Å². The highest BCUT2D eigenvalue weighted by Gasteiger charge is 2.10. The minimum atomic E-state index is -3.25. The largest absolute Gasteiger partial charge is 0.457 e. The van der Waals surface area contributed by atoms with Crippen molar-refractivity contribution < 1.29 is 13.2 Å². The van der Waals surface area contributed by atoms with Crippen LogP contribution in [0.2, 0.25) is 0 Å². The number of aromatic nitrogens is 1. The van der Waals surface area contributed by atoms with Crippen LogP contribution in [0.3, 0.4) is 0 Å². The number of pyridine rings is 1. The molecule has 1 N–H and O–H groups in total. The summed E-state index contributed by atoms with van der Waals surface area (Å²) in [5, 5.41) is 3.05. The normalized spacial score (nSPS) is 11.4. The highest BCUT2D eigenvalue weighted by Crippen LogP contribution is 2.27. The second-order valence-electron chi connectivity index (χ2n) is 4.81. The van der Waals surface area contributed by atoms with Crippen LogP contribution in [0.1, 0.15) is 11.3 Å². The average Bonchev–Trinajstić information content (AvgIpc) is 2.41. The molecule has 2 rings (SSSR count). The van der Waals surface area contributed by atoms with Gasteiger partial charge >= 0.3 is 0 Å². The molecule has 0 saturated carbocycles. The maximum absolute atomic E-state index is 11.6. The molecular formula is C15H18N2O3S. The molecule has 0 unspecified atom stereocenters. The molecule has 0 spiro atoms. The summed E-state index contributed by atoms with van der Waals surface area (Å²) in [5.74, 6) is 1.16. The SMILES string of the molecule is CNCc1cnc(C)cc1Oc1cccc(S(C)(=O)=O)c1. The summed E-state index contributed by atoms with van der Waals surface area (Å²) in [6.45, 7) is 2.50. The van der Waals surface area contributed by atoms with Crippen LogP contribution in [0.4, 0.5) is 0 Å². The summed E-state index contributed by atoms with van der Waals surface area (Å²) in [4.78, 5) is 4.48. The third-order valence-corrected chi connectivity index (χ3v) is 4.02. The van der Waals surface area contributed by atoms with Crippen molar-refractivity contribution in [2.24, 2.45) is 0 Å². The summed E-state index contributed by atoms with van der Waals surface area (Å²) in [6.07, 6.45) is 2.93. The van der Waals surface area contributed by atoms with Crippen molar-refractivity contribution in [3.63, 3.8) is 0 Å². The molecule has 112 valence electrons. The molecule has 1 heterocycles. The molecule has 5 nitrogen and oxygen atoms in total. The van der Waals surface area contributed by atoms with Gasteiger partial charge in [-0.2, -0.15) is 0 Å². The maximum Gasteiger partial charge on any atom is 0.175 e. The summed E-state index contributed by atoms with van der Waals surface area (Å²) < 4.78 is 29.0. The zero-order valence-electron chi connectivity index (χ0n) is 12.3. The van der Waals surface area contributed by atoms with Crippen LogP contribution in [-0.2, 0) is 16.4 Å². The van der Waals surface area contributed by atoms with E-state index in [1.54, 1.807) is 24.4 Å². The van der Waals surface area contributed by atoms with E-state index in [2.05, 4.69) is 10.3 Å². The Morgan fingerprint density at radius 1 is 1.29 bits per heavy atom. The molecule has 0 bridgehead atoms. The Kier molecular flexibility index (Phi) is 4.59. The highest BCUT2D eigenvalue weighted by atomic mass is 32.2. The molecule has 0 radical (unpaired) electrons. The smallest absolute Gasteiger partial charge is 0.175 e. The fraction of sp³-hybridized carbons (Fsp3) is 0.267. The topological polar surface area (TPSA) is 68.3 Å². The lowest BCUT2D eigenvalue weighted by molar-refractivity contribution is 0.471. The maximum atomic E-state index is 11.6. The molecule has 0 fully saturated rings. The summed E-state index contributed by atoms with van der Waals surface area (Å²) in [7, 11) is -1.41. The number of hydrogen-bond acceptors (Lipinski definition) is 5. The van der Waals surface area contributed by atoms with E-state index in [9.17, 15) is 8.42 Å². The second kappa shape index (κ2) is 6.24. The third kappa shape index (κ3) is 4.03. The fourth-order valence-corrected chi connectivity index (χ4v) is 2.53. The highest BCUT2D eigenvalue weighted by molar-refractivity contribution is 7.90. The quantitative estimate of drug-likeness (QED) is 0.918. The van der Waals surface area contributed by atoms with Crippen molar-refractivity contribution in [3.8, 4) is 11.5 Å². The molecular weight excluding hydrogens is 288 g/mol. The number of nitrogens with zero attached hydrogens (tertiary/aromatic N) is 1. The predicted molar refractivity (Wildman–Crippen MR) is 81.4 cm³/mol. The number of sulfone groups is 1. The van der Waals surface area contributed by atoms with E-state index in [1.165, 1.54) is 12.3 Å². The van der Waals surface area contributed by atoms with Gasteiger partial charge < -0.3 is 10.1 Å². The lowest BCUT2D eigenvalue weighted by Crippen LogP contribution is -2.07. The van der Waals surface area contributed by atoms with Gasteiger partial charge in [0.1, 0.15) is 11.5 Å². The molecule has 0 aliphatic rings. The Balaban J connectivity index is 2.36. The zero-order chi connectivity index (χ0) is 15.5. The molecule has 0 aliphatic carbocycles. The van der Waals surface area contributed by atoms with E-state index >= 15 is 0 Å². The molecule has 2 aromatic rings. The van der Waals surface area contributed by atoms with Crippen LogP contribution in [0.5, 0.6) is 11.5 Å². The molecule has 6 heteroatoms. The monoisotopic (exact) mass is 306 g/mol. The first-order chi connectivity index (χ1) is 9.90. The van der Waals surface area contributed by atoms with Gasteiger partial charge in [0, 0.05) is 36.3 Å². The average molecular weight is 306 g/mol. The number of hydrogen-bond donors (Lipinski definition) is 1. The van der Waals surface area contributed by atoms with Gasteiger partial charge in [0.05, 0.1) is 4.90 Å². The lowest BCUT2D eigenvalue weighted by Gasteiger charge is -2.12. The van der Waals surface area contributed by atoms with E-state index in [0.717, 1.165) is 11.3 Å². The first kappa shape index (κ1) is 15.5. The minimum absolute atomic E-state index is 0.237. The number of benzene rings is 1. The van der Waals surface area contributed by atoms with Gasteiger partial charge in [-0.25, -0.2) is 8.42 Å². The minimum Gasteiger partial charge on any atom is -0.457 e. The molecule has 1 aromatic heterocycles. The Morgan fingerprint density at radius 3 is 2.71 bits per heavy atom. The van der Waals surface area contributed by atoms with Gasteiger partial charge in [0.25, 0.3) is 0 Å². The fourth-order valence-electron chi connectivity index (χ4n) is 1.88. The van der Waals surface area contributed by atoms with Crippen LogP contribution in [0.25, 0.3) is 0 Å². The standard InChI is InChI=1S/C15H18N2O3S/c1-11-7-15(12(9-16-2)10-17-11)20-13-5-4-6-14(8-13)21(3,18)19/h4-8,10,16H,9H2,1-3H3. The van der Waals surface area contributed by atoms with Gasteiger partial charge in [0.2, 0.25) is 0 Å². The van der Waals surface area contributed by atoms with Gasteiger partial charge in [-0.15, -0.1) is 0 Å². The Hall–Kier alpha value is -1.92. The first-order valence-corrected chi connectivity index (χ1v) is 8.37. The van der Waals surface area contributed by atoms with Crippen molar-refractivity contribution in [1.82, 2.24) is 10.3 Å². The third-order valence-electron chi connectivity index (χ3n) is 2.91. The van der Waals surface area contributed by atoms with E-state index in [0.29, 0.717) is 18.0 Å². The van der Waals surface area contributed by atoms with Gasteiger partial charge in [-0.1, -0.05) is 6.07 Å². The van der Waals surface area contributed by atoms with Gasteiger partial charge in [-0.3, -0.25) is 4.98 Å².